The summed E-state index contributed by atoms with van der Waals surface area (Å²) in [5, 5.41) is 0. The van der Waals surface area contributed by atoms with Crippen LogP contribution in [0.4, 0.5) is 5.69 Å². The summed E-state index contributed by atoms with van der Waals surface area (Å²) in [6, 6.07) is 8.06. The van der Waals surface area contributed by atoms with Crippen LogP contribution >= 0.6 is 15.9 Å². The number of hydrogen-bond donors (Lipinski definition) is 0. The van der Waals surface area contributed by atoms with Gasteiger partial charge in [0.15, 0.2) is 0 Å². The van der Waals surface area contributed by atoms with Gasteiger partial charge in [0.1, 0.15) is 0 Å². The third-order valence-corrected chi connectivity index (χ3v) is 6.21. The lowest BCUT2D eigenvalue weighted by Gasteiger charge is -2.35. The minimum atomic E-state index is -3.07. The van der Waals surface area contributed by atoms with Gasteiger partial charge in [-0.3, -0.25) is 0 Å². The first-order valence-electron chi connectivity index (χ1n) is 7.02. The van der Waals surface area contributed by atoms with E-state index in [2.05, 4.69) is 26.9 Å². The van der Waals surface area contributed by atoms with Gasteiger partial charge in [-0.25, -0.2) is 8.42 Å². The van der Waals surface area contributed by atoms with Gasteiger partial charge in [-0.05, 0) is 34.5 Å². The first-order chi connectivity index (χ1) is 9.54. The molecule has 0 unspecified atom stereocenters. The molecule has 0 amide bonds. The minimum Gasteiger partial charge on any atom is -0.368 e. The fraction of sp³-hybridized carbons (Fsp3) is 0.571. The van der Waals surface area contributed by atoms with Crippen LogP contribution in [0, 0.1) is 0 Å². The predicted octanol–water partition coefficient (Wildman–Crippen LogP) is 2.70. The SMILES string of the molecule is CCCCS(=O)(=O)N1CCN(c2ccccc2Br)CC1. The Hall–Kier alpha value is -0.590. The summed E-state index contributed by atoms with van der Waals surface area (Å²) in [7, 11) is -3.07. The van der Waals surface area contributed by atoms with E-state index in [1.54, 1.807) is 4.31 Å². The van der Waals surface area contributed by atoms with E-state index >= 15 is 0 Å². The molecule has 6 heteroatoms. The molecule has 2 rings (SSSR count). The van der Waals surface area contributed by atoms with Crippen molar-refractivity contribution in [3.05, 3.63) is 28.7 Å². The average Bonchev–Trinajstić information content (AvgIpc) is 2.46. The summed E-state index contributed by atoms with van der Waals surface area (Å²) in [5.74, 6) is 0.276. The second kappa shape index (κ2) is 6.91. The van der Waals surface area contributed by atoms with Crippen molar-refractivity contribution in [3.63, 3.8) is 0 Å². The van der Waals surface area contributed by atoms with Crippen molar-refractivity contribution in [2.45, 2.75) is 19.8 Å². The quantitative estimate of drug-likeness (QED) is 0.810. The lowest BCUT2D eigenvalue weighted by molar-refractivity contribution is 0.384. The van der Waals surface area contributed by atoms with Gasteiger partial charge in [0, 0.05) is 30.7 Å². The van der Waals surface area contributed by atoms with Crippen LogP contribution in [-0.4, -0.2) is 44.7 Å². The second-order valence-electron chi connectivity index (χ2n) is 5.01. The molecule has 0 saturated carbocycles. The van der Waals surface area contributed by atoms with Gasteiger partial charge in [0.2, 0.25) is 10.0 Å². The molecule has 1 aromatic rings. The molecule has 0 aliphatic carbocycles. The van der Waals surface area contributed by atoms with Crippen molar-refractivity contribution in [2.24, 2.45) is 0 Å². The molecule has 4 nitrogen and oxygen atoms in total. The Labute approximate surface area is 129 Å². The summed E-state index contributed by atoms with van der Waals surface area (Å²) >= 11 is 3.55. The van der Waals surface area contributed by atoms with E-state index in [1.807, 2.05) is 25.1 Å². The van der Waals surface area contributed by atoms with Crippen molar-refractivity contribution in [1.29, 1.82) is 0 Å². The van der Waals surface area contributed by atoms with Gasteiger partial charge in [0.25, 0.3) is 0 Å². The topological polar surface area (TPSA) is 40.6 Å². The van der Waals surface area contributed by atoms with E-state index < -0.39 is 10.0 Å². The number of nitrogens with zero attached hydrogens (tertiary/aromatic N) is 2. The normalized spacial score (nSPS) is 17.4. The van der Waals surface area contributed by atoms with Gasteiger partial charge in [-0.15, -0.1) is 0 Å². The van der Waals surface area contributed by atoms with E-state index in [4.69, 9.17) is 0 Å². The number of para-hydroxylation sites is 1. The summed E-state index contributed by atoms with van der Waals surface area (Å²) < 4.78 is 27.0. The van der Waals surface area contributed by atoms with Crippen molar-refractivity contribution in [3.8, 4) is 0 Å². The van der Waals surface area contributed by atoms with Crippen LogP contribution in [0.5, 0.6) is 0 Å². The average molecular weight is 361 g/mol. The number of anilines is 1. The van der Waals surface area contributed by atoms with Gasteiger partial charge in [-0.1, -0.05) is 25.5 Å². The monoisotopic (exact) mass is 360 g/mol. The lowest BCUT2D eigenvalue weighted by Crippen LogP contribution is -2.49. The predicted molar refractivity (Wildman–Crippen MR) is 86.6 cm³/mol. The maximum absolute atomic E-state index is 12.2. The number of unbranched alkanes of at least 4 members (excludes halogenated alkanes) is 1. The van der Waals surface area contributed by atoms with Crippen LogP contribution in [0.15, 0.2) is 28.7 Å². The molecule has 0 N–H and O–H groups in total. The minimum absolute atomic E-state index is 0.276. The molecule has 0 atom stereocenters. The summed E-state index contributed by atoms with van der Waals surface area (Å²) in [4.78, 5) is 2.23. The molecule has 0 aromatic heterocycles. The lowest BCUT2D eigenvalue weighted by atomic mass is 10.2. The third-order valence-electron chi connectivity index (χ3n) is 3.58. The Bertz CT molecular complexity index is 540. The van der Waals surface area contributed by atoms with E-state index in [0.29, 0.717) is 13.1 Å². The van der Waals surface area contributed by atoms with Gasteiger partial charge >= 0.3 is 0 Å². The number of piperazine rings is 1. The summed E-state index contributed by atoms with van der Waals surface area (Å²) in [6.07, 6.45) is 1.66. The summed E-state index contributed by atoms with van der Waals surface area (Å²) in [5.41, 5.74) is 1.14. The van der Waals surface area contributed by atoms with Crippen molar-refractivity contribution in [2.75, 3.05) is 36.8 Å². The first-order valence-corrected chi connectivity index (χ1v) is 9.42. The third kappa shape index (κ3) is 3.74. The molecule has 0 spiro atoms. The fourth-order valence-electron chi connectivity index (χ4n) is 2.37. The smallest absolute Gasteiger partial charge is 0.214 e. The Morgan fingerprint density at radius 3 is 2.40 bits per heavy atom. The van der Waals surface area contributed by atoms with Crippen LogP contribution < -0.4 is 4.90 Å². The molecule has 0 bridgehead atoms. The number of rotatable bonds is 5. The Morgan fingerprint density at radius 2 is 1.80 bits per heavy atom. The maximum atomic E-state index is 12.2. The molecule has 1 heterocycles. The zero-order chi connectivity index (χ0) is 14.6. The standard InChI is InChI=1S/C14H21BrN2O2S/c1-2-3-12-20(18,19)17-10-8-16(9-11-17)14-7-5-4-6-13(14)15/h4-7H,2-3,8-12H2,1H3. The van der Waals surface area contributed by atoms with E-state index in [9.17, 15) is 8.42 Å². The molecule has 0 radical (unpaired) electrons. The van der Waals surface area contributed by atoms with Crippen molar-refractivity contribution in [1.82, 2.24) is 4.31 Å². The van der Waals surface area contributed by atoms with Gasteiger partial charge < -0.3 is 4.90 Å². The number of sulfonamides is 1. The first kappa shape index (κ1) is 15.8. The molecular formula is C14H21BrN2O2S. The second-order valence-corrected chi connectivity index (χ2v) is 7.95. The highest BCUT2D eigenvalue weighted by atomic mass is 79.9. The zero-order valence-corrected chi connectivity index (χ0v) is 14.2. The highest BCUT2D eigenvalue weighted by molar-refractivity contribution is 9.10. The molecule has 20 heavy (non-hydrogen) atoms. The largest absolute Gasteiger partial charge is 0.368 e. The zero-order valence-electron chi connectivity index (χ0n) is 11.8. The van der Waals surface area contributed by atoms with Gasteiger partial charge in [0.05, 0.1) is 11.4 Å². The van der Waals surface area contributed by atoms with E-state index in [-0.39, 0.29) is 5.75 Å². The van der Waals surface area contributed by atoms with Gasteiger partial charge in [-0.2, -0.15) is 4.31 Å². The molecule has 1 aliphatic heterocycles. The maximum Gasteiger partial charge on any atom is 0.214 e. The van der Waals surface area contributed by atoms with Crippen molar-refractivity contribution >= 4 is 31.6 Å². The van der Waals surface area contributed by atoms with Crippen molar-refractivity contribution < 1.29 is 8.42 Å². The molecule has 112 valence electrons. The molecule has 1 fully saturated rings. The molecule has 1 saturated heterocycles. The number of hydrogen-bond acceptors (Lipinski definition) is 3. The number of benzene rings is 1. The Balaban J connectivity index is 1.98. The highest BCUT2D eigenvalue weighted by Gasteiger charge is 2.26. The fourth-order valence-corrected chi connectivity index (χ4v) is 4.54. The Morgan fingerprint density at radius 1 is 1.15 bits per heavy atom. The van der Waals surface area contributed by atoms with Crippen LogP contribution in [0.3, 0.4) is 0 Å². The van der Waals surface area contributed by atoms with Crippen LogP contribution in [0.25, 0.3) is 0 Å². The van der Waals surface area contributed by atoms with Crippen LogP contribution in [0.2, 0.25) is 0 Å². The molecular weight excluding hydrogens is 340 g/mol. The Kier molecular flexibility index (Phi) is 5.46. The van der Waals surface area contributed by atoms with Crippen LogP contribution in [0.1, 0.15) is 19.8 Å². The van der Waals surface area contributed by atoms with E-state index in [1.165, 1.54) is 0 Å². The highest BCUT2D eigenvalue weighted by Crippen LogP contribution is 2.26. The van der Waals surface area contributed by atoms with Crippen LogP contribution in [-0.2, 0) is 10.0 Å². The number of halogens is 1. The summed E-state index contributed by atoms with van der Waals surface area (Å²) in [6.45, 7) is 4.66. The molecule has 1 aromatic carbocycles. The molecule has 1 aliphatic rings. The van der Waals surface area contributed by atoms with E-state index in [0.717, 1.165) is 36.1 Å².